The van der Waals surface area contributed by atoms with Crippen molar-refractivity contribution < 1.29 is 19.7 Å². The zero-order valence-corrected chi connectivity index (χ0v) is 14.6. The molecule has 5 aromatic carbocycles. The molecule has 0 aromatic heterocycles. The van der Waals surface area contributed by atoms with Gasteiger partial charge in [0.15, 0.2) is 0 Å². The molecule has 132 valence electrons. The van der Waals surface area contributed by atoms with E-state index in [1.807, 2.05) is 48.5 Å². The molecule has 0 fully saturated rings. The summed E-state index contributed by atoms with van der Waals surface area (Å²) in [5.74, 6) is -3.85. The third kappa shape index (κ3) is 2.02. The number of esters is 1. The van der Waals surface area contributed by atoms with Gasteiger partial charge in [-0.1, -0.05) is 66.7 Å². The molecule has 0 aliphatic heterocycles. The lowest BCUT2D eigenvalue weighted by Gasteiger charge is -2.23. The number of rotatable bonds is 2. The highest BCUT2D eigenvalue weighted by Gasteiger charge is 2.39. The molecule has 5 aromatic rings. The molecule has 5 rings (SSSR count). The lowest BCUT2D eigenvalue weighted by atomic mass is 9.86. The summed E-state index contributed by atoms with van der Waals surface area (Å²) in [7, 11) is 1.14. The maximum Gasteiger partial charge on any atom is 0.371 e. The smallest absolute Gasteiger partial charge is 0.371 e. The Balaban J connectivity index is 2.12. The van der Waals surface area contributed by atoms with E-state index in [2.05, 4.69) is 10.8 Å². The van der Waals surface area contributed by atoms with E-state index in [0.29, 0.717) is 5.39 Å². The molecule has 0 unspecified atom stereocenters. The SMILES string of the molecule is COC(=O)C(O)(O)c1ccc2cccc3c4cccc5cccc(c1c23)c54. The van der Waals surface area contributed by atoms with Crippen LogP contribution >= 0.6 is 0 Å². The minimum atomic E-state index is -2.74. The lowest BCUT2D eigenvalue weighted by Crippen LogP contribution is -2.36. The molecule has 0 radical (unpaired) electrons. The van der Waals surface area contributed by atoms with Crippen LogP contribution in [0.2, 0.25) is 0 Å². The number of hydrogen-bond acceptors (Lipinski definition) is 4. The van der Waals surface area contributed by atoms with Gasteiger partial charge in [0.05, 0.1) is 7.11 Å². The van der Waals surface area contributed by atoms with E-state index in [-0.39, 0.29) is 5.56 Å². The Labute approximate surface area is 154 Å². The summed E-state index contributed by atoms with van der Waals surface area (Å²) >= 11 is 0. The van der Waals surface area contributed by atoms with Gasteiger partial charge in [-0.2, -0.15) is 0 Å². The third-order valence-electron chi connectivity index (χ3n) is 5.36. The monoisotopic (exact) mass is 356 g/mol. The molecule has 0 bridgehead atoms. The van der Waals surface area contributed by atoms with Crippen molar-refractivity contribution in [2.45, 2.75) is 5.79 Å². The first-order valence-electron chi connectivity index (χ1n) is 8.66. The molecule has 0 saturated heterocycles. The van der Waals surface area contributed by atoms with Crippen LogP contribution in [0.25, 0.3) is 43.1 Å². The second-order valence-electron chi connectivity index (χ2n) is 6.76. The Hall–Kier alpha value is -3.21. The van der Waals surface area contributed by atoms with Crippen LogP contribution in [-0.4, -0.2) is 23.3 Å². The van der Waals surface area contributed by atoms with Crippen LogP contribution in [0.3, 0.4) is 0 Å². The number of carbonyl (C=O) groups is 1. The van der Waals surface area contributed by atoms with Crippen molar-refractivity contribution in [2.75, 3.05) is 7.11 Å². The van der Waals surface area contributed by atoms with Gasteiger partial charge in [-0.3, -0.25) is 0 Å². The predicted octanol–water partition coefficient (Wildman–Crippen LogP) is 4.05. The van der Waals surface area contributed by atoms with Gasteiger partial charge in [-0.25, -0.2) is 4.79 Å². The van der Waals surface area contributed by atoms with Crippen molar-refractivity contribution in [3.8, 4) is 0 Å². The van der Waals surface area contributed by atoms with Gasteiger partial charge >= 0.3 is 5.97 Å². The molecule has 2 N–H and O–H groups in total. The van der Waals surface area contributed by atoms with Crippen molar-refractivity contribution >= 4 is 49.1 Å². The summed E-state index contributed by atoms with van der Waals surface area (Å²) in [6.07, 6.45) is 0. The summed E-state index contributed by atoms with van der Waals surface area (Å²) in [6.45, 7) is 0. The zero-order valence-electron chi connectivity index (χ0n) is 14.6. The predicted molar refractivity (Wildman–Crippen MR) is 106 cm³/mol. The van der Waals surface area contributed by atoms with E-state index in [9.17, 15) is 15.0 Å². The summed E-state index contributed by atoms with van der Waals surface area (Å²) in [5.41, 5.74) is 0.122. The van der Waals surface area contributed by atoms with Crippen molar-refractivity contribution in [1.29, 1.82) is 0 Å². The quantitative estimate of drug-likeness (QED) is 0.217. The van der Waals surface area contributed by atoms with Crippen molar-refractivity contribution in [3.05, 3.63) is 72.3 Å². The Morgan fingerprint density at radius 1 is 0.741 bits per heavy atom. The average molecular weight is 356 g/mol. The first-order valence-corrected chi connectivity index (χ1v) is 8.66. The third-order valence-corrected chi connectivity index (χ3v) is 5.36. The summed E-state index contributed by atoms with van der Waals surface area (Å²) in [6, 6.07) is 21.4. The Morgan fingerprint density at radius 3 is 1.93 bits per heavy atom. The Morgan fingerprint density at radius 2 is 1.30 bits per heavy atom. The molecular formula is C23H16O4. The molecular weight excluding hydrogens is 340 g/mol. The van der Waals surface area contributed by atoms with Crippen LogP contribution in [0.1, 0.15) is 5.56 Å². The Bertz CT molecular complexity index is 1350. The fourth-order valence-corrected chi connectivity index (χ4v) is 4.20. The molecule has 0 atom stereocenters. The lowest BCUT2D eigenvalue weighted by molar-refractivity contribution is -0.210. The van der Waals surface area contributed by atoms with Gasteiger partial charge in [0.1, 0.15) is 0 Å². The Kier molecular flexibility index (Phi) is 3.20. The van der Waals surface area contributed by atoms with E-state index in [0.717, 1.165) is 44.8 Å². The van der Waals surface area contributed by atoms with E-state index < -0.39 is 11.8 Å². The van der Waals surface area contributed by atoms with Crippen LogP contribution in [0.4, 0.5) is 0 Å². The molecule has 4 heteroatoms. The molecule has 27 heavy (non-hydrogen) atoms. The number of aliphatic hydroxyl groups is 2. The maximum atomic E-state index is 12.1. The number of fused-ring (bicyclic) bond motifs is 2. The minimum Gasteiger partial charge on any atom is -0.465 e. The van der Waals surface area contributed by atoms with Crippen LogP contribution in [0, 0.1) is 0 Å². The minimum absolute atomic E-state index is 0.122. The summed E-state index contributed by atoms with van der Waals surface area (Å²) in [5, 5.41) is 28.8. The normalized spacial score (nSPS) is 12.4. The van der Waals surface area contributed by atoms with Gasteiger partial charge < -0.3 is 14.9 Å². The fourth-order valence-electron chi connectivity index (χ4n) is 4.20. The van der Waals surface area contributed by atoms with Gasteiger partial charge in [0.25, 0.3) is 5.79 Å². The topological polar surface area (TPSA) is 66.8 Å². The van der Waals surface area contributed by atoms with Crippen molar-refractivity contribution in [1.82, 2.24) is 0 Å². The van der Waals surface area contributed by atoms with E-state index in [4.69, 9.17) is 0 Å². The average Bonchev–Trinajstić information content (AvgIpc) is 2.70. The van der Waals surface area contributed by atoms with Crippen molar-refractivity contribution in [3.63, 3.8) is 0 Å². The van der Waals surface area contributed by atoms with E-state index in [1.54, 1.807) is 12.1 Å². The number of benzene rings is 5. The number of ether oxygens (including phenoxy) is 1. The summed E-state index contributed by atoms with van der Waals surface area (Å²) in [4.78, 5) is 12.1. The molecule has 0 spiro atoms. The molecule has 0 heterocycles. The van der Waals surface area contributed by atoms with Gasteiger partial charge in [0, 0.05) is 5.56 Å². The first kappa shape index (κ1) is 16.0. The molecule has 0 saturated carbocycles. The number of hydrogen-bond donors (Lipinski definition) is 2. The molecule has 0 aliphatic carbocycles. The van der Waals surface area contributed by atoms with Gasteiger partial charge in [-0.05, 0) is 43.1 Å². The molecule has 0 amide bonds. The fraction of sp³-hybridized carbons (Fsp3) is 0.0870. The highest BCUT2D eigenvalue weighted by atomic mass is 16.6. The van der Waals surface area contributed by atoms with Crippen LogP contribution in [-0.2, 0) is 15.3 Å². The van der Waals surface area contributed by atoms with Crippen LogP contribution in [0.15, 0.2) is 66.7 Å². The van der Waals surface area contributed by atoms with Crippen LogP contribution in [0.5, 0.6) is 0 Å². The number of carbonyl (C=O) groups excluding carboxylic acids is 1. The standard InChI is InChI=1S/C23H16O4/c1-27-22(24)23(25,26)18-12-11-14-7-3-9-16-15-8-2-5-13-6-4-10-17(19(13)15)21(18)20(14)16/h2-12,25-26H,1H3. The van der Waals surface area contributed by atoms with Crippen LogP contribution < -0.4 is 0 Å². The molecule has 4 nitrogen and oxygen atoms in total. The maximum absolute atomic E-state index is 12.1. The molecule has 0 aliphatic rings. The second kappa shape index (κ2) is 5.39. The first-order chi connectivity index (χ1) is 13.0. The summed E-state index contributed by atoms with van der Waals surface area (Å²) < 4.78 is 4.63. The van der Waals surface area contributed by atoms with E-state index >= 15 is 0 Å². The highest BCUT2D eigenvalue weighted by molar-refractivity contribution is 6.33. The van der Waals surface area contributed by atoms with E-state index in [1.165, 1.54) is 0 Å². The van der Waals surface area contributed by atoms with Gasteiger partial charge in [0.2, 0.25) is 0 Å². The zero-order chi connectivity index (χ0) is 18.8. The number of methoxy groups -OCH3 is 1. The second-order valence-corrected chi connectivity index (χ2v) is 6.76. The highest BCUT2D eigenvalue weighted by Crippen LogP contribution is 2.43. The largest absolute Gasteiger partial charge is 0.465 e. The van der Waals surface area contributed by atoms with Crippen molar-refractivity contribution in [2.24, 2.45) is 0 Å². The van der Waals surface area contributed by atoms with Gasteiger partial charge in [-0.15, -0.1) is 0 Å².